The van der Waals surface area contributed by atoms with Crippen molar-refractivity contribution in [3.05, 3.63) is 41.0 Å². The average Bonchev–Trinajstić information content (AvgIpc) is 2.38. The van der Waals surface area contributed by atoms with Crippen LogP contribution in [0.1, 0.15) is 30.1 Å². The molecule has 2 rings (SSSR count). The summed E-state index contributed by atoms with van der Waals surface area (Å²) in [5.41, 5.74) is 1.38. The molecular weight excluding hydrogens is 248 g/mol. The van der Waals surface area contributed by atoms with Crippen LogP contribution in [0.4, 0.5) is 0 Å². The van der Waals surface area contributed by atoms with Crippen molar-refractivity contribution in [1.29, 1.82) is 0 Å². The first kappa shape index (κ1) is 12.8. The molecule has 18 heavy (non-hydrogen) atoms. The average molecular weight is 263 g/mol. The number of benzene rings is 1. The monoisotopic (exact) mass is 262 g/mol. The number of halogens is 1. The van der Waals surface area contributed by atoms with E-state index in [9.17, 15) is 4.79 Å². The van der Waals surface area contributed by atoms with Crippen LogP contribution in [0.5, 0.6) is 0 Å². The Labute approximate surface area is 111 Å². The van der Waals surface area contributed by atoms with Gasteiger partial charge in [0.2, 0.25) is 0 Å². The van der Waals surface area contributed by atoms with E-state index in [1.54, 1.807) is 18.3 Å². The molecule has 94 valence electrons. The number of amides is 1. The second-order valence-corrected chi connectivity index (χ2v) is 4.61. The highest BCUT2D eigenvalue weighted by atomic mass is 35.5. The minimum atomic E-state index is -0.0761. The molecule has 0 saturated carbocycles. The molecule has 0 saturated heterocycles. The third kappa shape index (κ3) is 2.99. The summed E-state index contributed by atoms with van der Waals surface area (Å²) in [6.45, 7) is 2.79. The lowest BCUT2D eigenvalue weighted by molar-refractivity contribution is 0.0953. The lowest BCUT2D eigenvalue weighted by Gasteiger charge is -2.05. The Morgan fingerprint density at radius 1 is 1.39 bits per heavy atom. The molecule has 0 aliphatic rings. The first-order valence-corrected chi connectivity index (χ1v) is 6.42. The van der Waals surface area contributed by atoms with Crippen LogP contribution < -0.4 is 5.32 Å². The maximum absolute atomic E-state index is 11.9. The third-order valence-electron chi connectivity index (χ3n) is 2.72. The number of fused-ring (bicyclic) bond motifs is 1. The number of carbonyl (C=O) groups excluding carboxylic acids is 1. The number of nitrogens with one attached hydrogen (secondary N) is 1. The zero-order chi connectivity index (χ0) is 13.0. The van der Waals surface area contributed by atoms with Gasteiger partial charge in [-0.05, 0) is 24.6 Å². The van der Waals surface area contributed by atoms with Gasteiger partial charge in [-0.3, -0.25) is 9.78 Å². The second-order valence-electron chi connectivity index (χ2n) is 4.17. The molecule has 1 aromatic heterocycles. The minimum absolute atomic E-state index is 0.0761. The lowest BCUT2D eigenvalue weighted by Crippen LogP contribution is -2.24. The van der Waals surface area contributed by atoms with Gasteiger partial charge in [-0.2, -0.15) is 0 Å². The molecule has 2 aromatic rings. The van der Waals surface area contributed by atoms with Gasteiger partial charge in [0, 0.05) is 23.2 Å². The number of aromatic nitrogens is 1. The zero-order valence-corrected chi connectivity index (χ0v) is 11.0. The number of nitrogens with zero attached hydrogens (tertiary/aromatic N) is 1. The fraction of sp³-hybridized carbons (Fsp3) is 0.286. The van der Waals surface area contributed by atoms with Gasteiger partial charge in [-0.1, -0.05) is 31.0 Å². The van der Waals surface area contributed by atoms with Crippen molar-refractivity contribution in [2.75, 3.05) is 6.54 Å². The minimum Gasteiger partial charge on any atom is -0.352 e. The van der Waals surface area contributed by atoms with E-state index in [1.807, 2.05) is 12.1 Å². The number of carbonyl (C=O) groups is 1. The number of rotatable bonds is 4. The van der Waals surface area contributed by atoms with Crippen LogP contribution >= 0.6 is 11.6 Å². The molecule has 0 atom stereocenters. The largest absolute Gasteiger partial charge is 0.352 e. The lowest BCUT2D eigenvalue weighted by atomic mass is 10.1. The molecule has 1 N–H and O–H groups in total. The molecule has 0 radical (unpaired) electrons. The van der Waals surface area contributed by atoms with Gasteiger partial charge in [0.25, 0.3) is 5.91 Å². The van der Waals surface area contributed by atoms with E-state index in [2.05, 4.69) is 17.2 Å². The highest BCUT2D eigenvalue weighted by molar-refractivity contribution is 6.31. The van der Waals surface area contributed by atoms with E-state index in [0.29, 0.717) is 17.1 Å². The van der Waals surface area contributed by atoms with Crippen molar-refractivity contribution in [3.8, 4) is 0 Å². The quantitative estimate of drug-likeness (QED) is 0.858. The second kappa shape index (κ2) is 5.83. The Bertz CT molecular complexity index is 569. The fourth-order valence-electron chi connectivity index (χ4n) is 1.70. The Morgan fingerprint density at radius 3 is 3.00 bits per heavy atom. The summed E-state index contributed by atoms with van der Waals surface area (Å²) >= 11 is 5.89. The molecule has 0 aliphatic heterocycles. The van der Waals surface area contributed by atoms with Gasteiger partial charge in [-0.25, -0.2) is 0 Å². The topological polar surface area (TPSA) is 42.0 Å². The number of hydrogen-bond donors (Lipinski definition) is 1. The van der Waals surface area contributed by atoms with Crippen molar-refractivity contribution in [3.63, 3.8) is 0 Å². The van der Waals surface area contributed by atoms with Crippen molar-refractivity contribution in [2.24, 2.45) is 0 Å². The molecule has 1 aromatic carbocycles. The summed E-state index contributed by atoms with van der Waals surface area (Å²) in [4.78, 5) is 16.1. The molecule has 4 heteroatoms. The maximum atomic E-state index is 11.9. The van der Waals surface area contributed by atoms with E-state index < -0.39 is 0 Å². The Balaban J connectivity index is 2.19. The smallest absolute Gasteiger partial charge is 0.252 e. The summed E-state index contributed by atoms with van der Waals surface area (Å²) < 4.78 is 0. The van der Waals surface area contributed by atoms with E-state index in [4.69, 9.17) is 11.6 Å². The summed E-state index contributed by atoms with van der Waals surface area (Å²) in [6.07, 6.45) is 3.64. The zero-order valence-electron chi connectivity index (χ0n) is 10.2. The van der Waals surface area contributed by atoms with Crippen LogP contribution in [0.25, 0.3) is 10.9 Å². The van der Waals surface area contributed by atoms with Gasteiger partial charge in [0.1, 0.15) is 0 Å². The first-order valence-electron chi connectivity index (χ1n) is 6.04. The van der Waals surface area contributed by atoms with Gasteiger partial charge in [0.15, 0.2) is 0 Å². The van der Waals surface area contributed by atoms with Crippen LogP contribution in [0, 0.1) is 0 Å². The number of pyridine rings is 1. The van der Waals surface area contributed by atoms with Gasteiger partial charge >= 0.3 is 0 Å². The highest BCUT2D eigenvalue weighted by Crippen LogP contribution is 2.18. The third-order valence-corrected chi connectivity index (χ3v) is 2.96. The van der Waals surface area contributed by atoms with Crippen molar-refractivity contribution >= 4 is 28.4 Å². The first-order chi connectivity index (χ1) is 8.70. The SMILES string of the molecule is CCCCNC(=O)c1cnc2cc(Cl)ccc2c1. The summed E-state index contributed by atoms with van der Waals surface area (Å²) in [5, 5.41) is 4.44. The summed E-state index contributed by atoms with van der Waals surface area (Å²) in [5.74, 6) is -0.0761. The summed E-state index contributed by atoms with van der Waals surface area (Å²) in [7, 11) is 0. The highest BCUT2D eigenvalue weighted by Gasteiger charge is 2.06. The normalized spacial score (nSPS) is 10.6. The van der Waals surface area contributed by atoms with E-state index in [0.717, 1.165) is 23.7 Å². The predicted molar refractivity (Wildman–Crippen MR) is 74.0 cm³/mol. The van der Waals surface area contributed by atoms with Crippen molar-refractivity contribution in [2.45, 2.75) is 19.8 Å². The Morgan fingerprint density at radius 2 is 2.22 bits per heavy atom. The fourth-order valence-corrected chi connectivity index (χ4v) is 1.87. The van der Waals surface area contributed by atoms with Gasteiger partial charge in [0.05, 0.1) is 11.1 Å². The molecule has 0 bridgehead atoms. The summed E-state index contributed by atoms with van der Waals surface area (Å²) in [6, 6.07) is 7.29. The van der Waals surface area contributed by atoms with Crippen molar-refractivity contribution < 1.29 is 4.79 Å². The predicted octanol–water partition coefficient (Wildman–Crippen LogP) is 3.42. The molecule has 0 unspecified atom stereocenters. The maximum Gasteiger partial charge on any atom is 0.252 e. The standard InChI is InChI=1S/C14H15ClN2O/c1-2-3-6-16-14(18)11-7-10-4-5-12(15)8-13(10)17-9-11/h4-5,7-9H,2-3,6H2,1H3,(H,16,18). The van der Waals surface area contributed by atoms with E-state index in [-0.39, 0.29) is 5.91 Å². The van der Waals surface area contributed by atoms with Crippen LogP contribution in [-0.2, 0) is 0 Å². The van der Waals surface area contributed by atoms with Gasteiger partial charge < -0.3 is 5.32 Å². The van der Waals surface area contributed by atoms with Crippen molar-refractivity contribution in [1.82, 2.24) is 10.3 Å². The molecule has 0 spiro atoms. The Kier molecular flexibility index (Phi) is 4.15. The molecule has 0 aliphatic carbocycles. The molecular formula is C14H15ClN2O. The number of unbranched alkanes of at least 4 members (excludes halogenated alkanes) is 1. The van der Waals surface area contributed by atoms with Crippen LogP contribution in [-0.4, -0.2) is 17.4 Å². The van der Waals surface area contributed by atoms with E-state index in [1.165, 1.54) is 0 Å². The van der Waals surface area contributed by atoms with Crippen LogP contribution in [0.15, 0.2) is 30.5 Å². The molecule has 1 amide bonds. The van der Waals surface area contributed by atoms with Crippen LogP contribution in [0.2, 0.25) is 5.02 Å². The molecule has 1 heterocycles. The van der Waals surface area contributed by atoms with E-state index >= 15 is 0 Å². The number of hydrogen-bond acceptors (Lipinski definition) is 2. The van der Waals surface area contributed by atoms with Gasteiger partial charge in [-0.15, -0.1) is 0 Å². The Hall–Kier alpha value is -1.61. The molecule has 3 nitrogen and oxygen atoms in total. The molecule has 0 fully saturated rings. The van der Waals surface area contributed by atoms with Crippen LogP contribution in [0.3, 0.4) is 0 Å².